The summed E-state index contributed by atoms with van der Waals surface area (Å²) in [6.07, 6.45) is 10.3. The van der Waals surface area contributed by atoms with Crippen molar-refractivity contribution in [3.05, 3.63) is 57.9 Å². The van der Waals surface area contributed by atoms with Crippen LogP contribution in [0.4, 0.5) is 0 Å². The molecule has 0 bridgehead atoms. The molecule has 2 heterocycles. The van der Waals surface area contributed by atoms with Crippen LogP contribution in [-0.2, 0) is 16.0 Å². The molecular formula is C23H28BrNO3. The minimum absolute atomic E-state index is 0.0360. The molecule has 2 aliphatic carbocycles. The average Bonchev–Trinajstić information content (AvgIpc) is 2.91. The molecule has 5 heteroatoms. The summed E-state index contributed by atoms with van der Waals surface area (Å²) in [5, 5.41) is 12.3. The lowest BCUT2D eigenvalue weighted by atomic mass is 9.60. The molecule has 2 unspecified atom stereocenters. The third-order valence-corrected chi connectivity index (χ3v) is 7.65. The fourth-order valence-electron chi connectivity index (χ4n) is 6.00. The lowest BCUT2D eigenvalue weighted by molar-refractivity contribution is -0.0967. The van der Waals surface area contributed by atoms with Gasteiger partial charge in [0, 0.05) is 23.0 Å². The monoisotopic (exact) mass is 445 g/mol. The molecule has 1 spiro atoms. The second-order valence-electron chi connectivity index (χ2n) is 8.85. The topological polar surface area (TPSA) is 41.9 Å². The number of ether oxygens (including phenoxy) is 1. The Morgan fingerprint density at radius 3 is 2.89 bits per heavy atom. The van der Waals surface area contributed by atoms with Gasteiger partial charge < -0.3 is 9.84 Å². The van der Waals surface area contributed by atoms with Crippen LogP contribution < -0.4 is 0 Å². The van der Waals surface area contributed by atoms with E-state index < -0.39 is 0 Å². The molecule has 1 N–H and O–H groups in total. The van der Waals surface area contributed by atoms with Crippen molar-refractivity contribution in [1.29, 1.82) is 0 Å². The fraction of sp³-hybridized carbons (Fsp3) is 0.565. The molecule has 28 heavy (non-hydrogen) atoms. The minimum atomic E-state index is -0.309. The van der Waals surface area contributed by atoms with E-state index >= 15 is 0 Å². The Labute approximate surface area is 175 Å². The minimum Gasteiger partial charge on any atom is -0.493 e. The molecule has 1 aromatic rings. The fourth-order valence-corrected chi connectivity index (χ4v) is 6.26. The van der Waals surface area contributed by atoms with Crippen LogP contribution >= 0.6 is 15.9 Å². The van der Waals surface area contributed by atoms with Crippen LogP contribution in [0.2, 0.25) is 0 Å². The number of aliphatic hydroxyl groups is 1. The zero-order chi connectivity index (χ0) is 19.3. The van der Waals surface area contributed by atoms with Crippen LogP contribution in [0.5, 0.6) is 0 Å². The number of aliphatic hydroxyl groups excluding tert-OH is 1. The van der Waals surface area contributed by atoms with Crippen molar-refractivity contribution in [1.82, 2.24) is 5.06 Å². The Kier molecular flexibility index (Phi) is 4.80. The van der Waals surface area contributed by atoms with E-state index in [-0.39, 0.29) is 17.6 Å². The first-order valence-electron chi connectivity index (χ1n) is 10.4. The molecule has 5 atom stereocenters. The Morgan fingerprint density at radius 1 is 1.29 bits per heavy atom. The number of nitrogens with zero attached hydrogens (tertiary/aromatic N) is 1. The maximum Gasteiger partial charge on any atom is 0.111 e. The summed E-state index contributed by atoms with van der Waals surface area (Å²) in [5.41, 5.74) is 2.83. The van der Waals surface area contributed by atoms with Gasteiger partial charge in [0.1, 0.15) is 6.10 Å². The standard InChI is InChI=1S/C23H28BrNO3/c1-27-25-9-8-23-13-16(10-15-2-5-18(24)6-3-15)4-7-21(23)28-20-12-19(26)11-17(14-25)22(20)23/h2-3,5-6,8-9,16-17,19,21,26H,4,7,10-14H2,1H3/t16?,17-,19-,21+,23?/m1/s1. The molecule has 4 aliphatic rings. The summed E-state index contributed by atoms with van der Waals surface area (Å²) in [6, 6.07) is 8.75. The van der Waals surface area contributed by atoms with Crippen molar-refractivity contribution in [3.63, 3.8) is 0 Å². The van der Waals surface area contributed by atoms with Crippen LogP contribution in [0.15, 0.2) is 52.3 Å². The van der Waals surface area contributed by atoms with Crippen molar-refractivity contribution < 1.29 is 14.7 Å². The Morgan fingerprint density at radius 2 is 2.11 bits per heavy atom. The van der Waals surface area contributed by atoms with Gasteiger partial charge in [-0.05, 0) is 61.3 Å². The number of rotatable bonds is 3. The predicted molar refractivity (Wildman–Crippen MR) is 111 cm³/mol. The molecule has 0 amide bonds. The van der Waals surface area contributed by atoms with Gasteiger partial charge in [-0.15, -0.1) is 0 Å². The van der Waals surface area contributed by atoms with Gasteiger partial charge in [-0.1, -0.05) is 34.1 Å². The summed E-state index contributed by atoms with van der Waals surface area (Å²) in [5.74, 6) is 2.00. The number of hydrogen-bond donors (Lipinski definition) is 1. The molecule has 1 fully saturated rings. The number of benzene rings is 1. The van der Waals surface area contributed by atoms with Crippen molar-refractivity contribution in [3.8, 4) is 0 Å². The van der Waals surface area contributed by atoms with E-state index in [0.29, 0.717) is 18.3 Å². The van der Waals surface area contributed by atoms with Crippen LogP contribution in [0.1, 0.15) is 37.7 Å². The lowest BCUT2D eigenvalue weighted by Crippen LogP contribution is -2.41. The van der Waals surface area contributed by atoms with E-state index in [1.807, 2.05) is 5.06 Å². The van der Waals surface area contributed by atoms with Gasteiger partial charge in [0.2, 0.25) is 0 Å². The van der Waals surface area contributed by atoms with Crippen LogP contribution in [0.25, 0.3) is 0 Å². The van der Waals surface area contributed by atoms with Crippen LogP contribution in [0, 0.1) is 17.3 Å². The van der Waals surface area contributed by atoms with Gasteiger partial charge in [0.05, 0.1) is 30.9 Å². The highest BCUT2D eigenvalue weighted by atomic mass is 79.9. The summed E-state index contributed by atoms with van der Waals surface area (Å²) < 4.78 is 7.62. The van der Waals surface area contributed by atoms with Crippen molar-refractivity contribution in [2.45, 2.75) is 50.7 Å². The second kappa shape index (κ2) is 7.19. The smallest absolute Gasteiger partial charge is 0.111 e. The summed E-state index contributed by atoms with van der Waals surface area (Å²) in [6.45, 7) is 0.790. The Balaban J connectivity index is 1.47. The van der Waals surface area contributed by atoms with Crippen molar-refractivity contribution in [2.24, 2.45) is 17.3 Å². The van der Waals surface area contributed by atoms with Crippen molar-refractivity contribution in [2.75, 3.05) is 13.7 Å². The zero-order valence-corrected chi connectivity index (χ0v) is 17.9. The highest BCUT2D eigenvalue weighted by Gasteiger charge is 2.56. The molecule has 1 aromatic carbocycles. The molecular weight excluding hydrogens is 418 g/mol. The van der Waals surface area contributed by atoms with E-state index in [1.165, 1.54) is 17.6 Å². The van der Waals surface area contributed by atoms with Gasteiger partial charge in [-0.3, -0.25) is 9.90 Å². The van der Waals surface area contributed by atoms with E-state index in [2.05, 4.69) is 52.5 Å². The van der Waals surface area contributed by atoms with Crippen molar-refractivity contribution >= 4 is 15.9 Å². The highest BCUT2D eigenvalue weighted by molar-refractivity contribution is 9.10. The molecule has 0 saturated heterocycles. The molecule has 2 aliphatic heterocycles. The maximum absolute atomic E-state index is 10.4. The first-order chi connectivity index (χ1) is 13.6. The van der Waals surface area contributed by atoms with E-state index in [1.54, 1.807) is 7.11 Å². The van der Waals surface area contributed by atoms with E-state index in [0.717, 1.165) is 42.5 Å². The first-order valence-corrected chi connectivity index (χ1v) is 11.2. The van der Waals surface area contributed by atoms with Gasteiger partial charge in [0.15, 0.2) is 0 Å². The summed E-state index contributed by atoms with van der Waals surface area (Å²) >= 11 is 3.54. The normalized spacial score (nSPS) is 36.6. The Hall–Kier alpha value is -1.30. The molecule has 1 saturated carbocycles. The molecule has 5 rings (SSSR count). The number of halogens is 1. The summed E-state index contributed by atoms with van der Waals surface area (Å²) in [7, 11) is 1.73. The molecule has 4 nitrogen and oxygen atoms in total. The van der Waals surface area contributed by atoms with Gasteiger partial charge in [0.25, 0.3) is 0 Å². The van der Waals surface area contributed by atoms with Gasteiger partial charge in [-0.25, -0.2) is 0 Å². The second-order valence-corrected chi connectivity index (χ2v) is 9.77. The first kappa shape index (κ1) is 18.7. The maximum atomic E-state index is 10.4. The molecule has 0 aromatic heterocycles. The largest absolute Gasteiger partial charge is 0.493 e. The quantitative estimate of drug-likeness (QED) is 0.738. The number of hydroxylamine groups is 2. The highest BCUT2D eigenvalue weighted by Crippen LogP contribution is 2.59. The van der Waals surface area contributed by atoms with E-state index in [9.17, 15) is 5.11 Å². The summed E-state index contributed by atoms with van der Waals surface area (Å²) in [4.78, 5) is 5.57. The zero-order valence-electron chi connectivity index (χ0n) is 16.3. The third-order valence-electron chi connectivity index (χ3n) is 7.12. The molecule has 150 valence electrons. The predicted octanol–water partition coefficient (Wildman–Crippen LogP) is 4.59. The van der Waals surface area contributed by atoms with E-state index in [4.69, 9.17) is 9.57 Å². The third kappa shape index (κ3) is 3.12. The number of hydrogen-bond acceptors (Lipinski definition) is 4. The van der Waals surface area contributed by atoms with Crippen LogP contribution in [-0.4, -0.2) is 36.0 Å². The lowest BCUT2D eigenvalue weighted by Gasteiger charge is -2.42. The van der Waals surface area contributed by atoms with Crippen LogP contribution in [0.3, 0.4) is 0 Å². The SMILES string of the molecule is CON1C=CC23CC(Cc4ccc(Br)cc4)CC[C@@H]2OC2=C3[C@H](C[C@@H](O)C2)C1. The average molecular weight is 446 g/mol. The van der Waals surface area contributed by atoms with Gasteiger partial charge >= 0.3 is 0 Å². The van der Waals surface area contributed by atoms with Gasteiger partial charge in [-0.2, -0.15) is 0 Å². The molecule has 0 radical (unpaired) electrons. The Bertz CT molecular complexity index is 805.